The lowest BCUT2D eigenvalue weighted by Crippen LogP contribution is -2.36. The second kappa shape index (κ2) is 5.09. The first-order valence-corrected chi connectivity index (χ1v) is 6.83. The summed E-state index contributed by atoms with van der Waals surface area (Å²) in [5.74, 6) is 0.0833. The lowest BCUT2D eigenvalue weighted by atomic mass is 10.2. The summed E-state index contributed by atoms with van der Waals surface area (Å²) in [6, 6.07) is 0.193. The summed E-state index contributed by atoms with van der Waals surface area (Å²) in [4.78, 5) is 0. The van der Waals surface area contributed by atoms with Crippen LogP contribution in [-0.4, -0.2) is 42.8 Å². The zero-order valence-corrected chi connectivity index (χ0v) is 9.46. The topological polar surface area (TPSA) is 57.6 Å². The maximum atomic E-state index is 11.8. The predicted molar refractivity (Wildman–Crippen MR) is 55.5 cm³/mol. The van der Waals surface area contributed by atoms with E-state index in [0.29, 0.717) is 13.0 Å². The molecule has 0 spiro atoms. The van der Waals surface area contributed by atoms with Gasteiger partial charge >= 0.3 is 0 Å². The van der Waals surface area contributed by atoms with Crippen LogP contribution < -0.4 is 0 Å². The van der Waals surface area contributed by atoms with E-state index in [2.05, 4.69) is 0 Å². The van der Waals surface area contributed by atoms with Gasteiger partial charge in [-0.15, -0.1) is 0 Å². The largest absolute Gasteiger partial charge is 0.396 e. The van der Waals surface area contributed by atoms with Crippen molar-refractivity contribution in [1.29, 1.82) is 0 Å². The Morgan fingerprint density at radius 3 is 2.79 bits per heavy atom. The Balaban J connectivity index is 2.61. The van der Waals surface area contributed by atoms with E-state index < -0.39 is 10.0 Å². The Morgan fingerprint density at radius 1 is 1.50 bits per heavy atom. The normalized spacial score (nSPS) is 24.3. The molecule has 0 aromatic rings. The van der Waals surface area contributed by atoms with Gasteiger partial charge in [-0.1, -0.05) is 6.92 Å². The van der Waals surface area contributed by atoms with E-state index in [9.17, 15) is 8.42 Å². The number of rotatable bonds is 5. The van der Waals surface area contributed by atoms with Crippen LogP contribution in [-0.2, 0) is 10.0 Å². The lowest BCUT2D eigenvalue weighted by Gasteiger charge is -2.22. The van der Waals surface area contributed by atoms with E-state index in [0.717, 1.165) is 19.3 Å². The van der Waals surface area contributed by atoms with Gasteiger partial charge in [0.2, 0.25) is 10.0 Å². The molecule has 1 rings (SSSR count). The quantitative estimate of drug-likeness (QED) is 0.738. The van der Waals surface area contributed by atoms with Gasteiger partial charge in [-0.3, -0.25) is 0 Å². The second-order valence-corrected chi connectivity index (χ2v) is 5.75. The van der Waals surface area contributed by atoms with Gasteiger partial charge in [0, 0.05) is 19.2 Å². The van der Waals surface area contributed by atoms with E-state index in [4.69, 9.17) is 5.11 Å². The molecule has 1 aliphatic heterocycles. The molecule has 1 fully saturated rings. The summed E-state index contributed by atoms with van der Waals surface area (Å²) >= 11 is 0. The van der Waals surface area contributed by atoms with Crippen LogP contribution in [0.2, 0.25) is 0 Å². The number of aliphatic hydroxyl groups excluding tert-OH is 1. The molecule has 1 heterocycles. The van der Waals surface area contributed by atoms with Crippen molar-refractivity contribution >= 4 is 10.0 Å². The van der Waals surface area contributed by atoms with Gasteiger partial charge in [0.1, 0.15) is 0 Å². The molecule has 0 aromatic heterocycles. The van der Waals surface area contributed by atoms with E-state index in [-0.39, 0.29) is 18.4 Å². The van der Waals surface area contributed by atoms with E-state index in [1.807, 2.05) is 6.92 Å². The molecule has 0 aromatic carbocycles. The van der Waals surface area contributed by atoms with Gasteiger partial charge < -0.3 is 5.11 Å². The minimum Gasteiger partial charge on any atom is -0.396 e. The Bertz CT molecular complexity index is 263. The van der Waals surface area contributed by atoms with Crippen molar-refractivity contribution in [2.24, 2.45) is 0 Å². The third kappa shape index (κ3) is 2.68. The highest BCUT2D eigenvalue weighted by molar-refractivity contribution is 7.89. The average molecular weight is 221 g/mol. The van der Waals surface area contributed by atoms with Crippen LogP contribution in [0.3, 0.4) is 0 Å². The van der Waals surface area contributed by atoms with Crippen LogP contribution >= 0.6 is 0 Å². The fourth-order valence-corrected chi connectivity index (χ4v) is 3.79. The van der Waals surface area contributed by atoms with Crippen LogP contribution in [0.25, 0.3) is 0 Å². The maximum absolute atomic E-state index is 11.8. The van der Waals surface area contributed by atoms with Crippen LogP contribution in [0.1, 0.15) is 32.6 Å². The van der Waals surface area contributed by atoms with E-state index >= 15 is 0 Å². The van der Waals surface area contributed by atoms with Gasteiger partial charge in [0.05, 0.1) is 5.75 Å². The number of sulfonamides is 1. The lowest BCUT2D eigenvalue weighted by molar-refractivity contribution is 0.293. The van der Waals surface area contributed by atoms with Crippen LogP contribution in [0.15, 0.2) is 0 Å². The van der Waals surface area contributed by atoms with E-state index in [1.54, 1.807) is 4.31 Å². The molecule has 4 nitrogen and oxygen atoms in total. The Labute approximate surface area is 86.0 Å². The number of hydrogen-bond acceptors (Lipinski definition) is 3. The molecule has 1 unspecified atom stereocenters. The first-order valence-electron chi connectivity index (χ1n) is 5.22. The highest BCUT2D eigenvalue weighted by atomic mass is 32.2. The number of aliphatic hydroxyl groups is 1. The van der Waals surface area contributed by atoms with Gasteiger partial charge in [0.15, 0.2) is 0 Å². The fourth-order valence-electron chi connectivity index (χ4n) is 1.95. The van der Waals surface area contributed by atoms with Crippen molar-refractivity contribution in [2.45, 2.75) is 38.6 Å². The van der Waals surface area contributed by atoms with E-state index in [1.165, 1.54) is 0 Å². The minimum atomic E-state index is -3.11. The molecule has 14 heavy (non-hydrogen) atoms. The van der Waals surface area contributed by atoms with Crippen LogP contribution in [0, 0.1) is 0 Å². The summed E-state index contributed by atoms with van der Waals surface area (Å²) < 4.78 is 25.2. The third-order valence-corrected chi connectivity index (χ3v) is 4.71. The molecular weight excluding hydrogens is 202 g/mol. The fraction of sp³-hybridized carbons (Fsp3) is 1.00. The zero-order chi connectivity index (χ0) is 10.6. The standard InChI is InChI=1S/C9H19NO3S/c1-2-9-5-3-6-10(9)14(12,13)8-4-7-11/h9,11H,2-8H2,1H3. The predicted octanol–water partition coefficient (Wildman–Crippen LogP) is 0.573. The van der Waals surface area contributed by atoms with Crippen molar-refractivity contribution in [3.05, 3.63) is 0 Å². The van der Waals surface area contributed by atoms with Gasteiger partial charge in [-0.05, 0) is 25.7 Å². The molecule has 5 heteroatoms. The Hall–Kier alpha value is -0.130. The van der Waals surface area contributed by atoms with Gasteiger partial charge in [-0.25, -0.2) is 8.42 Å². The summed E-state index contributed by atoms with van der Waals surface area (Å²) in [6.07, 6.45) is 3.18. The van der Waals surface area contributed by atoms with Gasteiger partial charge in [0.25, 0.3) is 0 Å². The summed E-state index contributed by atoms with van der Waals surface area (Å²) in [5, 5.41) is 8.61. The third-order valence-electron chi connectivity index (χ3n) is 2.71. The van der Waals surface area contributed by atoms with Crippen LogP contribution in [0.5, 0.6) is 0 Å². The first-order chi connectivity index (χ1) is 6.61. The molecule has 1 saturated heterocycles. The van der Waals surface area contributed by atoms with Gasteiger partial charge in [-0.2, -0.15) is 4.31 Å². The highest BCUT2D eigenvalue weighted by Crippen LogP contribution is 2.23. The summed E-state index contributed by atoms with van der Waals surface area (Å²) in [6.45, 7) is 2.63. The molecular formula is C9H19NO3S. The summed E-state index contributed by atoms with van der Waals surface area (Å²) in [5.41, 5.74) is 0. The molecule has 84 valence electrons. The van der Waals surface area contributed by atoms with Crippen molar-refractivity contribution in [2.75, 3.05) is 18.9 Å². The SMILES string of the molecule is CCC1CCCN1S(=O)(=O)CCCO. The molecule has 0 radical (unpaired) electrons. The van der Waals surface area contributed by atoms with Crippen molar-refractivity contribution in [3.8, 4) is 0 Å². The Morgan fingerprint density at radius 2 is 2.21 bits per heavy atom. The zero-order valence-electron chi connectivity index (χ0n) is 8.65. The molecule has 0 aliphatic carbocycles. The smallest absolute Gasteiger partial charge is 0.214 e. The molecule has 1 aliphatic rings. The van der Waals surface area contributed by atoms with Crippen molar-refractivity contribution < 1.29 is 13.5 Å². The van der Waals surface area contributed by atoms with Crippen molar-refractivity contribution in [3.63, 3.8) is 0 Å². The maximum Gasteiger partial charge on any atom is 0.214 e. The minimum absolute atomic E-state index is 0.0517. The molecule has 1 atom stereocenters. The number of hydrogen-bond donors (Lipinski definition) is 1. The Kier molecular flexibility index (Phi) is 4.34. The monoisotopic (exact) mass is 221 g/mol. The molecule has 0 saturated carbocycles. The first kappa shape index (κ1) is 11.9. The molecule has 0 amide bonds. The van der Waals surface area contributed by atoms with Crippen LogP contribution in [0.4, 0.5) is 0 Å². The second-order valence-electron chi connectivity index (χ2n) is 3.71. The average Bonchev–Trinajstić information content (AvgIpc) is 2.63. The molecule has 0 bridgehead atoms. The highest BCUT2D eigenvalue weighted by Gasteiger charge is 2.32. The number of nitrogens with zero attached hydrogens (tertiary/aromatic N) is 1. The molecule has 1 N–H and O–H groups in total. The van der Waals surface area contributed by atoms with Crippen molar-refractivity contribution in [1.82, 2.24) is 4.31 Å². The summed E-state index contributed by atoms with van der Waals surface area (Å²) in [7, 11) is -3.11.